The summed E-state index contributed by atoms with van der Waals surface area (Å²) in [6.45, 7) is 3.78. The molecule has 0 aromatic heterocycles. The predicted molar refractivity (Wildman–Crippen MR) is 84.8 cm³/mol. The molecule has 0 spiro atoms. The topological polar surface area (TPSA) is 61.4 Å². The average Bonchev–Trinajstić information content (AvgIpc) is 2.85. The molecule has 2 unspecified atom stereocenters. The average molecular weight is 311 g/mol. The van der Waals surface area contributed by atoms with E-state index in [1.165, 1.54) is 0 Å². The molecule has 0 saturated carbocycles. The molecule has 1 heterocycles. The molecule has 1 aromatic rings. The summed E-state index contributed by atoms with van der Waals surface area (Å²) in [6, 6.07) is 7.39. The first-order valence-electron chi connectivity index (χ1n) is 7.44. The number of sulfonamides is 1. The second kappa shape index (κ2) is 6.87. The second-order valence-electron chi connectivity index (χ2n) is 5.69. The summed E-state index contributed by atoms with van der Waals surface area (Å²) in [5, 5.41) is 3.20. The minimum atomic E-state index is -3.44. The summed E-state index contributed by atoms with van der Waals surface area (Å²) in [7, 11) is 0.454. The van der Waals surface area contributed by atoms with Gasteiger partial charge in [0.25, 0.3) is 0 Å². The van der Waals surface area contributed by atoms with Gasteiger partial charge in [-0.05, 0) is 51.2 Å². The SMILES string of the molecule is CCC(NC)c1cccc(S(=O)(=O)NC2CCN(C)C2)c1. The Morgan fingerprint density at radius 2 is 2.19 bits per heavy atom. The van der Waals surface area contributed by atoms with Gasteiger partial charge in [0.2, 0.25) is 10.0 Å². The predicted octanol–water partition coefficient (Wildman–Crippen LogP) is 1.34. The van der Waals surface area contributed by atoms with E-state index in [1.807, 2.05) is 26.2 Å². The van der Waals surface area contributed by atoms with E-state index in [0.29, 0.717) is 4.90 Å². The van der Waals surface area contributed by atoms with E-state index >= 15 is 0 Å². The molecule has 1 aliphatic heterocycles. The number of rotatable bonds is 6. The normalized spacial score (nSPS) is 21.6. The lowest BCUT2D eigenvalue weighted by atomic mass is 10.1. The van der Waals surface area contributed by atoms with Crippen LogP contribution in [0.15, 0.2) is 29.2 Å². The van der Waals surface area contributed by atoms with Crippen LogP contribution in [-0.4, -0.2) is 46.5 Å². The summed E-state index contributed by atoms with van der Waals surface area (Å²) in [5.74, 6) is 0. The Bertz CT molecular complexity index is 570. The quantitative estimate of drug-likeness (QED) is 0.832. The van der Waals surface area contributed by atoms with Crippen LogP contribution < -0.4 is 10.0 Å². The first-order chi connectivity index (χ1) is 9.96. The molecule has 0 radical (unpaired) electrons. The van der Waals surface area contributed by atoms with Gasteiger partial charge >= 0.3 is 0 Å². The first-order valence-corrected chi connectivity index (χ1v) is 8.92. The van der Waals surface area contributed by atoms with E-state index in [4.69, 9.17) is 0 Å². The van der Waals surface area contributed by atoms with Crippen LogP contribution in [0.2, 0.25) is 0 Å². The van der Waals surface area contributed by atoms with Crippen molar-refractivity contribution in [2.45, 2.75) is 36.7 Å². The van der Waals surface area contributed by atoms with Crippen molar-refractivity contribution in [3.05, 3.63) is 29.8 Å². The van der Waals surface area contributed by atoms with Crippen LogP contribution in [0.4, 0.5) is 0 Å². The molecule has 1 aliphatic rings. The third-order valence-corrected chi connectivity index (χ3v) is 5.56. The lowest BCUT2D eigenvalue weighted by Gasteiger charge is -2.17. The first kappa shape index (κ1) is 16.4. The summed E-state index contributed by atoms with van der Waals surface area (Å²) < 4.78 is 27.8. The number of nitrogens with zero attached hydrogens (tertiary/aromatic N) is 1. The molecular weight excluding hydrogens is 286 g/mol. The molecule has 6 heteroatoms. The molecule has 0 aliphatic carbocycles. The Balaban J connectivity index is 2.18. The molecule has 1 aromatic carbocycles. The maximum atomic E-state index is 12.5. The van der Waals surface area contributed by atoms with Gasteiger partial charge in [-0.3, -0.25) is 0 Å². The fraction of sp³-hybridized carbons (Fsp3) is 0.600. The number of nitrogens with one attached hydrogen (secondary N) is 2. The van der Waals surface area contributed by atoms with E-state index < -0.39 is 10.0 Å². The van der Waals surface area contributed by atoms with Crippen molar-refractivity contribution < 1.29 is 8.42 Å². The van der Waals surface area contributed by atoms with E-state index in [1.54, 1.807) is 12.1 Å². The number of hydrogen-bond acceptors (Lipinski definition) is 4. The minimum Gasteiger partial charge on any atom is -0.313 e. The van der Waals surface area contributed by atoms with Crippen LogP contribution >= 0.6 is 0 Å². The molecule has 1 saturated heterocycles. The van der Waals surface area contributed by atoms with Crippen molar-refractivity contribution >= 4 is 10.0 Å². The third kappa shape index (κ3) is 4.03. The van der Waals surface area contributed by atoms with Crippen molar-refractivity contribution in [2.75, 3.05) is 27.2 Å². The highest BCUT2D eigenvalue weighted by Crippen LogP contribution is 2.20. The van der Waals surface area contributed by atoms with Crippen LogP contribution in [0.25, 0.3) is 0 Å². The maximum Gasteiger partial charge on any atom is 0.240 e. The molecule has 0 bridgehead atoms. The van der Waals surface area contributed by atoms with E-state index in [2.05, 4.69) is 21.9 Å². The maximum absolute atomic E-state index is 12.5. The van der Waals surface area contributed by atoms with Gasteiger partial charge in [-0.1, -0.05) is 19.1 Å². The monoisotopic (exact) mass is 311 g/mol. The highest BCUT2D eigenvalue weighted by Gasteiger charge is 2.25. The molecule has 21 heavy (non-hydrogen) atoms. The van der Waals surface area contributed by atoms with Gasteiger partial charge in [0.15, 0.2) is 0 Å². The van der Waals surface area contributed by atoms with E-state index in [9.17, 15) is 8.42 Å². The Hall–Kier alpha value is -0.950. The lowest BCUT2D eigenvalue weighted by Crippen LogP contribution is -2.36. The van der Waals surface area contributed by atoms with Crippen molar-refractivity contribution in [3.8, 4) is 0 Å². The van der Waals surface area contributed by atoms with Gasteiger partial charge < -0.3 is 10.2 Å². The fourth-order valence-corrected chi connectivity index (χ4v) is 4.14. The zero-order valence-electron chi connectivity index (χ0n) is 13.0. The Labute approximate surface area is 127 Å². The highest BCUT2D eigenvalue weighted by atomic mass is 32.2. The van der Waals surface area contributed by atoms with Gasteiger partial charge in [0, 0.05) is 18.6 Å². The van der Waals surface area contributed by atoms with E-state index in [0.717, 1.165) is 31.5 Å². The van der Waals surface area contributed by atoms with Crippen molar-refractivity contribution in [2.24, 2.45) is 0 Å². The second-order valence-corrected chi connectivity index (χ2v) is 7.41. The smallest absolute Gasteiger partial charge is 0.240 e. The van der Waals surface area contributed by atoms with Crippen molar-refractivity contribution in [3.63, 3.8) is 0 Å². The van der Waals surface area contributed by atoms with Gasteiger partial charge in [-0.15, -0.1) is 0 Å². The van der Waals surface area contributed by atoms with Gasteiger partial charge in [0.05, 0.1) is 4.90 Å². The molecular formula is C15H25N3O2S. The number of benzene rings is 1. The number of likely N-dealkylation sites (N-methyl/N-ethyl adjacent to an activating group) is 1. The van der Waals surface area contributed by atoms with Crippen LogP contribution in [0.5, 0.6) is 0 Å². The summed E-state index contributed by atoms with van der Waals surface area (Å²) in [4.78, 5) is 2.49. The minimum absolute atomic E-state index is 0.00919. The Kier molecular flexibility index (Phi) is 5.37. The molecule has 2 atom stereocenters. The lowest BCUT2D eigenvalue weighted by molar-refractivity contribution is 0.407. The summed E-state index contributed by atoms with van der Waals surface area (Å²) in [6.07, 6.45) is 1.78. The van der Waals surface area contributed by atoms with Crippen LogP contribution in [0.1, 0.15) is 31.4 Å². The molecule has 2 N–H and O–H groups in total. The Morgan fingerprint density at radius 3 is 2.76 bits per heavy atom. The van der Waals surface area contributed by atoms with Crippen LogP contribution in [0.3, 0.4) is 0 Å². The largest absolute Gasteiger partial charge is 0.313 e. The van der Waals surface area contributed by atoms with E-state index in [-0.39, 0.29) is 12.1 Å². The van der Waals surface area contributed by atoms with Crippen molar-refractivity contribution in [1.82, 2.24) is 14.9 Å². The van der Waals surface area contributed by atoms with Gasteiger partial charge in [0.1, 0.15) is 0 Å². The molecule has 0 amide bonds. The van der Waals surface area contributed by atoms with Crippen LogP contribution in [-0.2, 0) is 10.0 Å². The molecule has 1 fully saturated rings. The molecule has 5 nitrogen and oxygen atoms in total. The number of likely N-dealkylation sites (tertiary alicyclic amines) is 1. The van der Waals surface area contributed by atoms with Gasteiger partial charge in [-0.25, -0.2) is 13.1 Å². The van der Waals surface area contributed by atoms with Crippen molar-refractivity contribution in [1.29, 1.82) is 0 Å². The zero-order valence-corrected chi connectivity index (χ0v) is 13.8. The van der Waals surface area contributed by atoms with Crippen LogP contribution in [0, 0.1) is 0 Å². The fourth-order valence-electron chi connectivity index (χ4n) is 2.82. The van der Waals surface area contributed by atoms with Gasteiger partial charge in [-0.2, -0.15) is 0 Å². The summed E-state index contributed by atoms with van der Waals surface area (Å²) in [5.41, 5.74) is 1.01. The zero-order chi connectivity index (χ0) is 15.5. The third-order valence-electron chi connectivity index (χ3n) is 4.04. The standard InChI is InChI=1S/C15H25N3O2S/c1-4-15(16-2)12-6-5-7-14(10-12)21(19,20)17-13-8-9-18(3)11-13/h5-7,10,13,15-17H,4,8-9,11H2,1-3H3. The summed E-state index contributed by atoms with van der Waals surface area (Å²) >= 11 is 0. The molecule has 118 valence electrons. The highest BCUT2D eigenvalue weighted by molar-refractivity contribution is 7.89. The Morgan fingerprint density at radius 1 is 1.43 bits per heavy atom. The number of hydrogen-bond donors (Lipinski definition) is 2. The molecule has 2 rings (SSSR count).